The molecule has 1 aromatic heterocycles. The Bertz CT molecular complexity index is 669. The van der Waals surface area contributed by atoms with E-state index in [0.29, 0.717) is 32.1 Å². The van der Waals surface area contributed by atoms with Crippen molar-refractivity contribution in [2.24, 2.45) is 0 Å². The van der Waals surface area contributed by atoms with Gasteiger partial charge in [0.05, 0.1) is 5.69 Å². The topological polar surface area (TPSA) is 78.5 Å². The first-order chi connectivity index (χ1) is 11.3. The third-order valence-electron chi connectivity index (χ3n) is 4.41. The number of rotatable bonds is 1. The number of aryl methyl sites for hydroxylation is 1. The lowest BCUT2D eigenvalue weighted by atomic mass is 9.97. The lowest BCUT2D eigenvalue weighted by Gasteiger charge is -2.36. The average molecular weight is 334 g/mol. The van der Waals surface area contributed by atoms with Gasteiger partial charge in [-0.3, -0.25) is 9.78 Å². The number of fused-ring (bicyclic) bond motifs is 1. The van der Waals surface area contributed by atoms with E-state index in [9.17, 15) is 9.59 Å². The first-order valence-corrected chi connectivity index (χ1v) is 8.68. The summed E-state index contributed by atoms with van der Waals surface area (Å²) in [5.74, 6) is 0.629. The fourth-order valence-electron chi connectivity index (χ4n) is 3.17. The van der Waals surface area contributed by atoms with Gasteiger partial charge in [0.25, 0.3) is 5.56 Å². The summed E-state index contributed by atoms with van der Waals surface area (Å²) in [6.45, 7) is 8.00. The van der Waals surface area contributed by atoms with Crippen molar-refractivity contribution < 1.29 is 9.53 Å². The van der Waals surface area contributed by atoms with Crippen molar-refractivity contribution in [1.82, 2.24) is 14.9 Å². The first kappa shape index (κ1) is 16.8. The molecule has 2 heterocycles. The molecule has 132 valence electrons. The largest absolute Gasteiger partial charge is 0.444 e. The van der Waals surface area contributed by atoms with Gasteiger partial charge in [0, 0.05) is 31.7 Å². The molecule has 0 bridgehead atoms. The molecule has 7 heteroatoms. The molecule has 0 radical (unpaired) electrons. The quantitative estimate of drug-likeness (QED) is 0.846. The van der Waals surface area contributed by atoms with Gasteiger partial charge in [0.1, 0.15) is 5.60 Å². The average Bonchev–Trinajstić information content (AvgIpc) is 2.53. The standard InChI is InChI=1S/C17H26N4O3/c1-17(2,3)24-16(23)21-10-8-20(9-11-21)15-18-13-7-5-4-6-12(13)14(22)19-15/h4-11H2,1-3H3,(H,18,19,22). The van der Waals surface area contributed by atoms with E-state index < -0.39 is 5.60 Å². The van der Waals surface area contributed by atoms with Gasteiger partial charge in [-0.25, -0.2) is 9.78 Å². The number of carbonyl (C=O) groups excluding carboxylic acids is 1. The number of aromatic amines is 1. The van der Waals surface area contributed by atoms with Gasteiger partial charge >= 0.3 is 6.09 Å². The zero-order valence-corrected chi connectivity index (χ0v) is 14.7. The third kappa shape index (κ3) is 3.71. The minimum atomic E-state index is -0.487. The molecule has 1 saturated heterocycles. The Morgan fingerprint density at radius 2 is 1.79 bits per heavy atom. The lowest BCUT2D eigenvalue weighted by molar-refractivity contribution is 0.0240. The molecule has 0 unspecified atom stereocenters. The molecular weight excluding hydrogens is 308 g/mol. The number of amides is 1. The van der Waals surface area contributed by atoms with Gasteiger partial charge in [-0.05, 0) is 46.5 Å². The molecule has 1 N–H and O–H groups in total. The summed E-state index contributed by atoms with van der Waals surface area (Å²) in [5, 5.41) is 0. The molecule has 1 aliphatic carbocycles. The van der Waals surface area contributed by atoms with Crippen LogP contribution < -0.4 is 10.5 Å². The Balaban J connectivity index is 1.66. The maximum Gasteiger partial charge on any atom is 0.410 e. The molecule has 0 saturated carbocycles. The fraction of sp³-hybridized carbons (Fsp3) is 0.706. The Labute approximate surface area is 142 Å². The number of H-pyrrole nitrogens is 1. The molecule has 24 heavy (non-hydrogen) atoms. The summed E-state index contributed by atoms with van der Waals surface area (Å²) in [5.41, 5.74) is 1.29. The molecule has 1 aromatic rings. The van der Waals surface area contributed by atoms with E-state index in [1.165, 1.54) is 0 Å². The molecule has 1 fully saturated rings. The number of hydrogen-bond donors (Lipinski definition) is 1. The van der Waals surface area contributed by atoms with Crippen LogP contribution >= 0.6 is 0 Å². The molecule has 1 aliphatic heterocycles. The van der Waals surface area contributed by atoms with Crippen LogP contribution in [-0.2, 0) is 17.6 Å². The number of nitrogens with one attached hydrogen (secondary N) is 1. The summed E-state index contributed by atoms with van der Waals surface area (Å²) >= 11 is 0. The van der Waals surface area contributed by atoms with Gasteiger partial charge < -0.3 is 14.5 Å². The maximum absolute atomic E-state index is 12.2. The second-order valence-corrected chi connectivity index (χ2v) is 7.48. The normalized spacial score (nSPS) is 18.3. The zero-order chi connectivity index (χ0) is 17.3. The number of anilines is 1. The van der Waals surface area contributed by atoms with Crippen molar-refractivity contribution in [3.63, 3.8) is 0 Å². The molecule has 3 rings (SSSR count). The van der Waals surface area contributed by atoms with Crippen LogP contribution in [0.5, 0.6) is 0 Å². The van der Waals surface area contributed by atoms with E-state index in [1.54, 1.807) is 4.90 Å². The minimum absolute atomic E-state index is 0.00993. The first-order valence-electron chi connectivity index (χ1n) is 8.68. The van der Waals surface area contributed by atoms with Crippen LogP contribution in [0, 0.1) is 0 Å². The smallest absolute Gasteiger partial charge is 0.410 e. The van der Waals surface area contributed by atoms with Crippen LogP contribution in [0.3, 0.4) is 0 Å². The number of piperazine rings is 1. The molecule has 7 nitrogen and oxygen atoms in total. The van der Waals surface area contributed by atoms with Crippen LogP contribution in [0.4, 0.5) is 10.7 Å². The van der Waals surface area contributed by atoms with Crippen molar-refractivity contribution in [2.45, 2.75) is 52.1 Å². The van der Waals surface area contributed by atoms with Crippen molar-refractivity contribution in [2.75, 3.05) is 31.1 Å². The summed E-state index contributed by atoms with van der Waals surface area (Å²) < 4.78 is 5.41. The summed E-state index contributed by atoms with van der Waals surface area (Å²) in [6, 6.07) is 0. The minimum Gasteiger partial charge on any atom is -0.444 e. The Morgan fingerprint density at radius 1 is 1.12 bits per heavy atom. The second kappa shape index (κ2) is 6.45. The Morgan fingerprint density at radius 3 is 2.46 bits per heavy atom. The highest BCUT2D eigenvalue weighted by molar-refractivity contribution is 5.68. The molecule has 0 atom stereocenters. The van der Waals surface area contributed by atoms with E-state index in [1.807, 2.05) is 25.7 Å². The molecule has 0 aromatic carbocycles. The van der Waals surface area contributed by atoms with Crippen LogP contribution in [-0.4, -0.2) is 52.7 Å². The van der Waals surface area contributed by atoms with Gasteiger partial charge in [-0.1, -0.05) is 0 Å². The molecule has 2 aliphatic rings. The SMILES string of the molecule is CC(C)(C)OC(=O)N1CCN(c2nc3c(c(=O)[nH]2)CCCC3)CC1. The molecule has 1 amide bonds. The number of hydrogen-bond acceptors (Lipinski definition) is 5. The van der Waals surface area contributed by atoms with Crippen molar-refractivity contribution in [3.8, 4) is 0 Å². The highest BCUT2D eigenvalue weighted by Crippen LogP contribution is 2.19. The Kier molecular flexibility index (Phi) is 4.51. The summed E-state index contributed by atoms with van der Waals surface area (Å²) in [7, 11) is 0. The fourth-order valence-corrected chi connectivity index (χ4v) is 3.17. The summed E-state index contributed by atoms with van der Waals surface area (Å²) in [6.07, 6.45) is 3.57. The van der Waals surface area contributed by atoms with E-state index in [4.69, 9.17) is 4.74 Å². The van der Waals surface area contributed by atoms with Crippen molar-refractivity contribution in [3.05, 3.63) is 21.6 Å². The lowest BCUT2D eigenvalue weighted by Crippen LogP contribution is -2.50. The van der Waals surface area contributed by atoms with E-state index in [2.05, 4.69) is 9.97 Å². The monoisotopic (exact) mass is 334 g/mol. The van der Waals surface area contributed by atoms with Gasteiger partial charge in [0.2, 0.25) is 5.95 Å². The second-order valence-electron chi connectivity index (χ2n) is 7.48. The Hall–Kier alpha value is -2.05. The summed E-state index contributed by atoms with van der Waals surface area (Å²) in [4.78, 5) is 35.7. The number of ether oxygens (including phenoxy) is 1. The van der Waals surface area contributed by atoms with Crippen LogP contribution in [0.1, 0.15) is 44.9 Å². The van der Waals surface area contributed by atoms with Crippen LogP contribution in [0.15, 0.2) is 4.79 Å². The van der Waals surface area contributed by atoms with Crippen molar-refractivity contribution in [1.29, 1.82) is 0 Å². The van der Waals surface area contributed by atoms with Crippen molar-refractivity contribution >= 4 is 12.0 Å². The van der Waals surface area contributed by atoms with E-state index >= 15 is 0 Å². The third-order valence-corrected chi connectivity index (χ3v) is 4.41. The van der Waals surface area contributed by atoms with Crippen LogP contribution in [0.25, 0.3) is 0 Å². The molecule has 0 spiro atoms. The number of aromatic nitrogens is 2. The van der Waals surface area contributed by atoms with E-state index in [-0.39, 0.29) is 11.7 Å². The highest BCUT2D eigenvalue weighted by atomic mass is 16.6. The van der Waals surface area contributed by atoms with Gasteiger partial charge in [-0.2, -0.15) is 0 Å². The number of carbonyl (C=O) groups is 1. The predicted octanol–water partition coefficient (Wildman–Crippen LogP) is 1.71. The maximum atomic E-state index is 12.2. The van der Waals surface area contributed by atoms with E-state index in [0.717, 1.165) is 36.9 Å². The van der Waals surface area contributed by atoms with Gasteiger partial charge in [-0.15, -0.1) is 0 Å². The van der Waals surface area contributed by atoms with Gasteiger partial charge in [0.15, 0.2) is 0 Å². The highest BCUT2D eigenvalue weighted by Gasteiger charge is 2.27. The molecular formula is C17H26N4O3. The number of nitrogens with zero attached hydrogens (tertiary/aromatic N) is 3. The predicted molar refractivity (Wildman–Crippen MR) is 91.5 cm³/mol. The zero-order valence-electron chi connectivity index (χ0n) is 14.7. The van der Waals surface area contributed by atoms with Crippen LogP contribution in [0.2, 0.25) is 0 Å².